The molecular weight excluding hydrogens is 817 g/mol. The third-order valence-corrected chi connectivity index (χ3v) is 14.0. The lowest BCUT2D eigenvalue weighted by atomic mass is 9.70. The molecule has 0 fully saturated rings. The molecule has 0 saturated carbocycles. The average Bonchev–Trinajstić information content (AvgIpc) is 3.79. The van der Waals surface area contributed by atoms with Crippen LogP contribution in [0.1, 0.15) is 73.6 Å². The zero-order valence-corrected chi connectivity index (χ0v) is 39.5. The molecule has 66 heavy (non-hydrogen) atoms. The third kappa shape index (κ3) is 9.43. The third-order valence-electron chi connectivity index (χ3n) is 14.0. The lowest BCUT2D eigenvalue weighted by Gasteiger charge is -2.34. The lowest BCUT2D eigenvalue weighted by Crippen LogP contribution is -2.37. The minimum atomic E-state index is -0.588. The maximum Gasteiger partial charge on any atom is 0.118 e. The van der Waals surface area contributed by atoms with Gasteiger partial charge in [-0.3, -0.25) is 0 Å². The van der Waals surface area contributed by atoms with E-state index in [4.69, 9.17) is 28.4 Å². The van der Waals surface area contributed by atoms with E-state index in [1.165, 1.54) is 66.8 Å². The highest BCUT2D eigenvalue weighted by Crippen LogP contribution is 2.57. The maximum absolute atomic E-state index is 6.57. The van der Waals surface area contributed by atoms with Crippen LogP contribution in [0.5, 0.6) is 11.5 Å². The molecule has 0 amide bonds. The molecule has 6 aromatic rings. The number of rotatable bonds is 25. The average molecular weight is 883 g/mol. The Hall–Kier alpha value is -5.76. The van der Waals surface area contributed by atoms with Crippen LogP contribution >= 0.6 is 0 Å². The van der Waals surface area contributed by atoms with Gasteiger partial charge < -0.3 is 28.4 Å². The molecule has 2 aliphatic carbocycles. The van der Waals surface area contributed by atoms with Crippen LogP contribution in [0.2, 0.25) is 0 Å². The number of hydrogen-bond donors (Lipinski definition) is 0. The summed E-state index contributed by atoms with van der Waals surface area (Å²) in [5, 5.41) is 0. The molecule has 6 aromatic carbocycles. The zero-order valence-electron chi connectivity index (χ0n) is 39.5. The van der Waals surface area contributed by atoms with Crippen LogP contribution in [0.25, 0.3) is 55.6 Å². The van der Waals surface area contributed by atoms with Crippen LogP contribution < -0.4 is 9.47 Å². The lowest BCUT2D eigenvalue weighted by molar-refractivity contribution is 0.00533. The molecule has 0 radical (unpaired) electrons. The molecule has 6 heteroatoms. The second kappa shape index (κ2) is 21.7. The van der Waals surface area contributed by atoms with E-state index in [-0.39, 0.29) is 5.41 Å². The fourth-order valence-corrected chi connectivity index (χ4v) is 10.5. The number of unbranched alkanes of at least 4 members (excludes halogenated alkanes) is 4. The van der Waals surface area contributed by atoms with Gasteiger partial charge in [0.05, 0.1) is 59.3 Å². The van der Waals surface area contributed by atoms with Gasteiger partial charge in [0.15, 0.2) is 0 Å². The Morgan fingerprint density at radius 3 is 1.06 bits per heavy atom. The minimum Gasteiger partial charge on any atom is -0.497 e. The van der Waals surface area contributed by atoms with Crippen LogP contribution in [0.15, 0.2) is 147 Å². The highest BCUT2D eigenvalue weighted by molar-refractivity contribution is 5.89. The molecule has 0 bridgehead atoms. The van der Waals surface area contributed by atoms with Crippen LogP contribution in [0.3, 0.4) is 0 Å². The summed E-state index contributed by atoms with van der Waals surface area (Å²) in [5.74, 6) is 1.69. The van der Waals surface area contributed by atoms with Gasteiger partial charge in [-0.25, -0.2) is 0 Å². The summed E-state index contributed by atoms with van der Waals surface area (Å²) in [4.78, 5) is 0. The Morgan fingerprint density at radius 1 is 0.394 bits per heavy atom. The topological polar surface area (TPSA) is 55.4 Å². The molecule has 6 nitrogen and oxygen atoms in total. The number of methoxy groups -OCH3 is 4. The second-order valence-electron chi connectivity index (χ2n) is 17.8. The van der Waals surface area contributed by atoms with E-state index >= 15 is 0 Å². The zero-order chi connectivity index (χ0) is 45.9. The summed E-state index contributed by atoms with van der Waals surface area (Å²) in [7, 11) is 6.85. The molecule has 0 aromatic heterocycles. The molecule has 0 aliphatic heterocycles. The van der Waals surface area contributed by atoms with E-state index < -0.39 is 5.41 Å². The van der Waals surface area contributed by atoms with Crippen molar-refractivity contribution in [3.05, 3.63) is 169 Å². The smallest absolute Gasteiger partial charge is 0.118 e. The Bertz CT molecular complexity index is 2560. The van der Waals surface area contributed by atoms with Crippen molar-refractivity contribution >= 4 is 0 Å². The standard InChI is InChI=1S/C60H66O6/c1-7-9-11-13-31-59(32-14-12-10-8-2)55-37-45(43-15-23-49(63-5)24-16-43)19-27-51(55)52-29-21-47(39-56(52)59)48-22-30-54-53-28-20-46(44-17-25-50(64-6)26-18-44)38-57(53)60(58(54)40-48,41-65-35-33-61-3)42-66-36-34-62-4/h7-8,15-30,37-40H,1-2,9-14,31-36,41-42H2,3-6H3. The first-order valence-corrected chi connectivity index (χ1v) is 23.7. The molecule has 0 spiro atoms. The highest BCUT2D eigenvalue weighted by Gasteiger charge is 2.46. The van der Waals surface area contributed by atoms with E-state index in [2.05, 4.69) is 135 Å². The van der Waals surface area contributed by atoms with Crippen molar-refractivity contribution in [1.29, 1.82) is 0 Å². The maximum atomic E-state index is 6.57. The van der Waals surface area contributed by atoms with E-state index in [9.17, 15) is 0 Å². The van der Waals surface area contributed by atoms with Crippen LogP contribution in [0, 0.1) is 0 Å². The van der Waals surface area contributed by atoms with Gasteiger partial charge in [-0.15, -0.1) is 13.2 Å². The molecule has 0 atom stereocenters. The SMILES string of the molecule is C=CCCCCC1(CCCCC=C)c2cc(-c3ccc(OC)cc3)ccc2-c2ccc(-c3ccc4c(c3)C(COCCOC)(COCCOC)c3cc(-c5ccc(OC)cc5)ccc3-4)cc21. The predicted molar refractivity (Wildman–Crippen MR) is 271 cm³/mol. The second-order valence-corrected chi connectivity index (χ2v) is 17.8. The van der Waals surface area contributed by atoms with Crippen molar-refractivity contribution < 1.29 is 28.4 Å². The predicted octanol–water partition coefficient (Wildman–Crippen LogP) is 14.1. The largest absolute Gasteiger partial charge is 0.497 e. The summed E-state index contributed by atoms with van der Waals surface area (Å²) in [5.41, 5.74) is 16.7. The Morgan fingerprint density at radius 2 is 0.727 bits per heavy atom. The summed E-state index contributed by atoms with van der Waals surface area (Å²) >= 11 is 0. The highest BCUT2D eigenvalue weighted by atomic mass is 16.5. The van der Waals surface area contributed by atoms with Gasteiger partial charge in [0, 0.05) is 19.6 Å². The van der Waals surface area contributed by atoms with Crippen molar-refractivity contribution in [1.82, 2.24) is 0 Å². The Balaban J connectivity index is 1.26. The fraction of sp³-hybridized carbons (Fsp3) is 0.333. The minimum absolute atomic E-state index is 0.148. The summed E-state index contributed by atoms with van der Waals surface area (Å²) < 4.78 is 35.1. The van der Waals surface area contributed by atoms with Gasteiger partial charge in [-0.1, -0.05) is 97.8 Å². The van der Waals surface area contributed by atoms with Gasteiger partial charge in [-0.05, 0) is 165 Å². The first kappa shape index (κ1) is 46.8. The molecule has 342 valence electrons. The van der Waals surface area contributed by atoms with Crippen molar-refractivity contribution in [3.8, 4) is 67.1 Å². The van der Waals surface area contributed by atoms with Crippen molar-refractivity contribution in [3.63, 3.8) is 0 Å². The monoisotopic (exact) mass is 882 g/mol. The summed E-state index contributed by atoms with van der Waals surface area (Å²) in [6, 6.07) is 45.1. The molecule has 0 N–H and O–H groups in total. The summed E-state index contributed by atoms with van der Waals surface area (Å²) in [6.07, 6.45) is 12.8. The van der Waals surface area contributed by atoms with E-state index in [0.29, 0.717) is 39.6 Å². The number of hydrogen-bond acceptors (Lipinski definition) is 6. The van der Waals surface area contributed by atoms with Gasteiger partial charge in [-0.2, -0.15) is 0 Å². The van der Waals surface area contributed by atoms with Crippen LogP contribution in [-0.2, 0) is 29.8 Å². The number of ether oxygens (including phenoxy) is 6. The quantitative estimate of drug-likeness (QED) is 0.0422. The van der Waals surface area contributed by atoms with Crippen molar-refractivity contribution in [2.75, 3.05) is 68.1 Å². The van der Waals surface area contributed by atoms with E-state index in [1.54, 1.807) is 28.4 Å². The van der Waals surface area contributed by atoms with Gasteiger partial charge in [0.2, 0.25) is 0 Å². The fourth-order valence-electron chi connectivity index (χ4n) is 10.5. The van der Waals surface area contributed by atoms with E-state index in [1.807, 2.05) is 12.1 Å². The number of fused-ring (bicyclic) bond motifs is 6. The van der Waals surface area contributed by atoms with Crippen LogP contribution in [0.4, 0.5) is 0 Å². The van der Waals surface area contributed by atoms with Crippen LogP contribution in [-0.4, -0.2) is 68.1 Å². The number of benzene rings is 6. The summed E-state index contributed by atoms with van der Waals surface area (Å²) in [6.45, 7) is 11.0. The normalized spacial score (nSPS) is 13.7. The van der Waals surface area contributed by atoms with Crippen molar-refractivity contribution in [2.24, 2.45) is 0 Å². The molecule has 2 aliphatic rings. The first-order chi connectivity index (χ1) is 32.4. The first-order valence-electron chi connectivity index (χ1n) is 23.7. The van der Waals surface area contributed by atoms with E-state index in [0.717, 1.165) is 74.0 Å². The van der Waals surface area contributed by atoms with Gasteiger partial charge >= 0.3 is 0 Å². The molecular formula is C60H66O6. The Kier molecular flexibility index (Phi) is 15.4. The van der Waals surface area contributed by atoms with Gasteiger partial charge in [0.1, 0.15) is 11.5 Å². The van der Waals surface area contributed by atoms with Gasteiger partial charge in [0.25, 0.3) is 0 Å². The molecule has 0 saturated heterocycles. The van der Waals surface area contributed by atoms with Crippen molar-refractivity contribution in [2.45, 2.75) is 62.2 Å². The molecule has 0 heterocycles. The molecule has 0 unspecified atom stereocenters. The Labute approximate surface area is 393 Å². The number of allylic oxidation sites excluding steroid dienone is 2. The molecule has 8 rings (SSSR count).